The van der Waals surface area contributed by atoms with Gasteiger partial charge in [0.2, 0.25) is 0 Å². The van der Waals surface area contributed by atoms with Crippen molar-refractivity contribution in [2.24, 2.45) is 0 Å². The van der Waals surface area contributed by atoms with Crippen LogP contribution in [0.1, 0.15) is 5.56 Å². The first-order valence-electron chi connectivity index (χ1n) is 5.46. The molecule has 0 atom stereocenters. The number of pyridine rings is 1. The van der Waals surface area contributed by atoms with Gasteiger partial charge in [0.15, 0.2) is 0 Å². The minimum atomic E-state index is 0.955. The van der Waals surface area contributed by atoms with E-state index in [1.807, 2.05) is 37.5 Å². The summed E-state index contributed by atoms with van der Waals surface area (Å²) in [6, 6.07) is 10.2. The first-order chi connectivity index (χ1) is 8.33. The van der Waals surface area contributed by atoms with Crippen molar-refractivity contribution in [3.05, 3.63) is 54.6 Å². The van der Waals surface area contributed by atoms with E-state index in [0.717, 1.165) is 27.7 Å². The van der Waals surface area contributed by atoms with Gasteiger partial charge in [-0.2, -0.15) is 0 Å². The van der Waals surface area contributed by atoms with E-state index in [0.29, 0.717) is 0 Å². The molecule has 3 aromatic rings. The lowest BCUT2D eigenvalue weighted by Crippen LogP contribution is -1.86. The molecule has 0 amide bonds. The third-order valence-electron chi connectivity index (χ3n) is 2.71. The van der Waals surface area contributed by atoms with E-state index in [-0.39, 0.29) is 0 Å². The fraction of sp³-hybridized carbons (Fsp3) is 0.0714. The highest BCUT2D eigenvalue weighted by Crippen LogP contribution is 2.21. The highest BCUT2D eigenvalue weighted by atomic mass is 14.8. The molecule has 3 heteroatoms. The Labute approximate surface area is 99.2 Å². The van der Waals surface area contributed by atoms with Gasteiger partial charge < -0.3 is 0 Å². The van der Waals surface area contributed by atoms with E-state index in [4.69, 9.17) is 0 Å². The Kier molecular flexibility index (Phi) is 2.29. The molecule has 17 heavy (non-hydrogen) atoms. The molecule has 82 valence electrons. The molecule has 0 aliphatic heterocycles. The first kappa shape index (κ1) is 9.90. The summed E-state index contributed by atoms with van der Waals surface area (Å²) < 4.78 is 0. The maximum absolute atomic E-state index is 4.41. The van der Waals surface area contributed by atoms with Gasteiger partial charge in [0, 0.05) is 23.3 Å². The van der Waals surface area contributed by atoms with Crippen LogP contribution in [-0.4, -0.2) is 15.0 Å². The average molecular weight is 221 g/mol. The van der Waals surface area contributed by atoms with Crippen molar-refractivity contribution in [2.75, 3.05) is 0 Å². The molecular weight excluding hydrogens is 210 g/mol. The summed E-state index contributed by atoms with van der Waals surface area (Å²) in [6.45, 7) is 2.03. The van der Waals surface area contributed by atoms with Crippen LogP contribution in [0.4, 0.5) is 0 Å². The van der Waals surface area contributed by atoms with Crippen LogP contribution < -0.4 is 0 Å². The minimum Gasteiger partial charge on any atom is -0.256 e. The topological polar surface area (TPSA) is 38.7 Å². The van der Waals surface area contributed by atoms with Crippen molar-refractivity contribution in [1.29, 1.82) is 0 Å². The largest absolute Gasteiger partial charge is 0.256 e. The van der Waals surface area contributed by atoms with Gasteiger partial charge >= 0.3 is 0 Å². The molecule has 0 spiro atoms. The zero-order valence-electron chi connectivity index (χ0n) is 9.46. The molecule has 1 aromatic carbocycles. The molecule has 0 unspecified atom stereocenters. The predicted molar refractivity (Wildman–Crippen MR) is 67.5 cm³/mol. The molecular formula is C14H11N3. The number of aromatic nitrogens is 3. The molecule has 0 aliphatic carbocycles. The number of fused-ring (bicyclic) bond motifs is 1. The summed E-state index contributed by atoms with van der Waals surface area (Å²) in [5.74, 6) is 0. The van der Waals surface area contributed by atoms with Gasteiger partial charge in [0.05, 0.1) is 11.2 Å². The van der Waals surface area contributed by atoms with Crippen LogP contribution in [0.2, 0.25) is 0 Å². The van der Waals surface area contributed by atoms with Gasteiger partial charge in [-0.05, 0) is 30.7 Å². The zero-order chi connectivity index (χ0) is 11.7. The van der Waals surface area contributed by atoms with Gasteiger partial charge in [0.1, 0.15) is 6.33 Å². The summed E-state index contributed by atoms with van der Waals surface area (Å²) >= 11 is 0. The number of hydrogen-bond donors (Lipinski definition) is 0. The third-order valence-corrected chi connectivity index (χ3v) is 2.71. The maximum Gasteiger partial charge on any atom is 0.116 e. The number of hydrogen-bond acceptors (Lipinski definition) is 3. The number of rotatable bonds is 1. The fourth-order valence-corrected chi connectivity index (χ4v) is 1.78. The van der Waals surface area contributed by atoms with Crippen molar-refractivity contribution in [3.63, 3.8) is 0 Å². The van der Waals surface area contributed by atoms with Crippen LogP contribution in [0.5, 0.6) is 0 Å². The lowest BCUT2D eigenvalue weighted by atomic mass is 10.1. The Balaban J connectivity index is 2.14. The molecule has 0 N–H and O–H groups in total. The molecule has 3 nitrogen and oxygen atoms in total. The summed E-state index contributed by atoms with van der Waals surface area (Å²) in [5, 5.41) is 1.03. The van der Waals surface area contributed by atoms with Gasteiger partial charge in [0.25, 0.3) is 0 Å². The second-order valence-electron chi connectivity index (χ2n) is 4.02. The average Bonchev–Trinajstić information content (AvgIpc) is 2.39. The SMILES string of the molecule is Cc1ccc(-c2ccc3ncncc3c2)nc1. The summed E-state index contributed by atoms with van der Waals surface area (Å²) in [5.41, 5.74) is 4.18. The third kappa shape index (κ3) is 1.87. The van der Waals surface area contributed by atoms with Gasteiger partial charge in [-0.25, -0.2) is 9.97 Å². The quantitative estimate of drug-likeness (QED) is 0.634. The van der Waals surface area contributed by atoms with Crippen LogP contribution in [-0.2, 0) is 0 Å². The monoisotopic (exact) mass is 221 g/mol. The molecule has 0 fully saturated rings. The number of aryl methyl sites for hydroxylation is 1. The van der Waals surface area contributed by atoms with Gasteiger partial charge in [-0.15, -0.1) is 0 Å². The predicted octanol–water partition coefficient (Wildman–Crippen LogP) is 3.00. The van der Waals surface area contributed by atoms with E-state index in [1.54, 1.807) is 6.33 Å². The molecule has 2 aromatic heterocycles. The van der Waals surface area contributed by atoms with E-state index in [2.05, 4.69) is 27.1 Å². The second kappa shape index (κ2) is 3.94. The Morgan fingerprint density at radius 2 is 1.88 bits per heavy atom. The van der Waals surface area contributed by atoms with Crippen LogP contribution in [0.25, 0.3) is 22.2 Å². The first-order valence-corrected chi connectivity index (χ1v) is 5.46. The molecule has 0 saturated heterocycles. The van der Waals surface area contributed by atoms with E-state index in [9.17, 15) is 0 Å². The lowest BCUT2D eigenvalue weighted by Gasteiger charge is -2.02. The Morgan fingerprint density at radius 3 is 2.71 bits per heavy atom. The molecule has 0 aliphatic rings. The smallest absolute Gasteiger partial charge is 0.116 e. The normalized spacial score (nSPS) is 10.6. The van der Waals surface area contributed by atoms with Crippen LogP contribution in [0, 0.1) is 6.92 Å². The molecule has 3 rings (SSSR count). The molecule has 2 heterocycles. The summed E-state index contributed by atoms with van der Waals surface area (Å²) in [7, 11) is 0. The lowest BCUT2D eigenvalue weighted by molar-refractivity contribution is 1.22. The van der Waals surface area contributed by atoms with E-state index < -0.39 is 0 Å². The fourth-order valence-electron chi connectivity index (χ4n) is 1.78. The Morgan fingerprint density at radius 1 is 0.941 bits per heavy atom. The van der Waals surface area contributed by atoms with E-state index >= 15 is 0 Å². The van der Waals surface area contributed by atoms with Crippen molar-refractivity contribution in [1.82, 2.24) is 15.0 Å². The maximum atomic E-state index is 4.41. The zero-order valence-corrected chi connectivity index (χ0v) is 9.46. The van der Waals surface area contributed by atoms with Gasteiger partial charge in [-0.1, -0.05) is 12.1 Å². The highest BCUT2D eigenvalue weighted by molar-refractivity contribution is 5.82. The standard InChI is InChI=1S/C14H11N3/c1-10-2-4-13(16-7-10)11-3-5-14-12(6-11)8-15-9-17-14/h2-9H,1H3. The number of nitrogens with zero attached hydrogens (tertiary/aromatic N) is 3. The Bertz CT molecular complexity index is 660. The molecule has 0 radical (unpaired) electrons. The molecule has 0 saturated carbocycles. The van der Waals surface area contributed by atoms with Crippen molar-refractivity contribution >= 4 is 10.9 Å². The molecule has 0 bridgehead atoms. The summed E-state index contributed by atoms with van der Waals surface area (Å²) in [4.78, 5) is 12.6. The van der Waals surface area contributed by atoms with Crippen LogP contribution >= 0.6 is 0 Å². The minimum absolute atomic E-state index is 0.955. The summed E-state index contributed by atoms with van der Waals surface area (Å²) in [6.07, 6.45) is 5.26. The van der Waals surface area contributed by atoms with E-state index in [1.165, 1.54) is 0 Å². The van der Waals surface area contributed by atoms with Gasteiger partial charge in [-0.3, -0.25) is 4.98 Å². The van der Waals surface area contributed by atoms with Crippen molar-refractivity contribution in [2.45, 2.75) is 6.92 Å². The van der Waals surface area contributed by atoms with Crippen molar-refractivity contribution < 1.29 is 0 Å². The Hall–Kier alpha value is -2.29. The number of benzene rings is 1. The highest BCUT2D eigenvalue weighted by Gasteiger charge is 2.01. The second-order valence-corrected chi connectivity index (χ2v) is 4.02. The van der Waals surface area contributed by atoms with Crippen LogP contribution in [0.3, 0.4) is 0 Å². The van der Waals surface area contributed by atoms with Crippen molar-refractivity contribution in [3.8, 4) is 11.3 Å². The van der Waals surface area contributed by atoms with Crippen LogP contribution in [0.15, 0.2) is 49.1 Å².